The van der Waals surface area contributed by atoms with E-state index in [0.29, 0.717) is 5.88 Å². The van der Waals surface area contributed by atoms with Gasteiger partial charge in [-0.25, -0.2) is 4.68 Å². The Kier molecular flexibility index (Phi) is 4.92. The van der Waals surface area contributed by atoms with E-state index in [4.69, 9.17) is 9.47 Å². The Morgan fingerprint density at radius 3 is 2.41 bits per heavy atom. The fourth-order valence-corrected chi connectivity index (χ4v) is 3.44. The van der Waals surface area contributed by atoms with E-state index in [1.54, 1.807) is 11.8 Å². The van der Waals surface area contributed by atoms with Gasteiger partial charge in [-0.2, -0.15) is 5.10 Å². The number of hydrogen-bond acceptors (Lipinski definition) is 4. The minimum absolute atomic E-state index is 0.00982. The second-order valence-corrected chi connectivity index (χ2v) is 6.75. The van der Waals surface area contributed by atoms with Crippen molar-refractivity contribution in [2.75, 3.05) is 7.11 Å². The second kappa shape index (κ2) is 7.66. The molecule has 2 aromatic carbocycles. The lowest BCUT2D eigenvalue weighted by Crippen LogP contribution is -2.19. The third-order valence-corrected chi connectivity index (χ3v) is 4.96. The van der Waals surface area contributed by atoms with Crippen LogP contribution in [-0.2, 0) is 4.79 Å². The molecule has 0 N–H and O–H groups in total. The molecule has 0 atom stereocenters. The lowest BCUT2D eigenvalue weighted by Gasteiger charge is -2.11. The van der Waals surface area contributed by atoms with Crippen LogP contribution in [0.3, 0.4) is 0 Å². The highest BCUT2D eigenvalue weighted by molar-refractivity contribution is 5.76. The minimum atomic E-state index is -0.165. The van der Waals surface area contributed by atoms with Gasteiger partial charge in [-0.15, -0.1) is 0 Å². The smallest absolute Gasteiger partial charge is 0.315 e. The van der Waals surface area contributed by atoms with Gasteiger partial charge < -0.3 is 9.47 Å². The van der Waals surface area contributed by atoms with Gasteiger partial charge in [0.1, 0.15) is 5.75 Å². The molecule has 1 heterocycles. The number of carbonyl (C=O) groups is 1. The van der Waals surface area contributed by atoms with Crippen molar-refractivity contribution in [1.29, 1.82) is 0 Å². The Morgan fingerprint density at radius 1 is 1.04 bits per heavy atom. The van der Waals surface area contributed by atoms with Crippen molar-refractivity contribution in [3.05, 3.63) is 60.7 Å². The second-order valence-electron chi connectivity index (χ2n) is 6.75. The molecule has 0 aliphatic heterocycles. The van der Waals surface area contributed by atoms with Crippen molar-refractivity contribution in [2.45, 2.75) is 25.7 Å². The first-order chi connectivity index (χ1) is 13.2. The standard InChI is InChI=1S/C22H22N2O3/c1-26-19-13-11-18(12-14-19)24-21(27-22(25)17-9-5-6-10-17)15-20(23-24)16-7-3-2-4-8-16/h2-4,7-8,11-15,17H,5-6,9-10H2,1H3. The van der Waals surface area contributed by atoms with E-state index in [1.165, 1.54) is 0 Å². The highest BCUT2D eigenvalue weighted by Gasteiger charge is 2.26. The lowest BCUT2D eigenvalue weighted by molar-refractivity contribution is -0.139. The number of carbonyl (C=O) groups excluding carboxylic acids is 1. The largest absolute Gasteiger partial charge is 0.497 e. The number of esters is 1. The van der Waals surface area contributed by atoms with Crippen LogP contribution in [0, 0.1) is 5.92 Å². The van der Waals surface area contributed by atoms with E-state index in [9.17, 15) is 4.79 Å². The number of hydrogen-bond donors (Lipinski definition) is 0. The highest BCUT2D eigenvalue weighted by Crippen LogP contribution is 2.30. The van der Waals surface area contributed by atoms with Crippen LogP contribution in [0.2, 0.25) is 0 Å². The van der Waals surface area contributed by atoms with E-state index < -0.39 is 0 Å². The predicted octanol–water partition coefficient (Wildman–Crippen LogP) is 4.64. The summed E-state index contributed by atoms with van der Waals surface area (Å²) in [5, 5.41) is 4.68. The fraction of sp³-hybridized carbons (Fsp3) is 0.273. The zero-order valence-corrected chi connectivity index (χ0v) is 15.3. The molecule has 1 saturated carbocycles. The molecule has 0 unspecified atom stereocenters. The van der Waals surface area contributed by atoms with Crippen molar-refractivity contribution in [1.82, 2.24) is 9.78 Å². The van der Waals surface area contributed by atoms with E-state index >= 15 is 0 Å². The maximum atomic E-state index is 12.6. The summed E-state index contributed by atoms with van der Waals surface area (Å²) in [5.74, 6) is 1.03. The van der Waals surface area contributed by atoms with Gasteiger partial charge in [0.15, 0.2) is 0 Å². The van der Waals surface area contributed by atoms with Gasteiger partial charge >= 0.3 is 5.97 Å². The van der Waals surface area contributed by atoms with Crippen molar-refractivity contribution in [2.24, 2.45) is 5.92 Å². The Bertz CT molecular complexity index is 910. The van der Waals surface area contributed by atoms with Gasteiger partial charge in [0.2, 0.25) is 5.88 Å². The average Bonchev–Trinajstić information content (AvgIpc) is 3.39. The molecule has 5 heteroatoms. The fourth-order valence-electron chi connectivity index (χ4n) is 3.44. The first kappa shape index (κ1) is 17.3. The molecular weight excluding hydrogens is 340 g/mol. The summed E-state index contributed by atoms with van der Waals surface area (Å²) in [4.78, 5) is 12.6. The van der Waals surface area contributed by atoms with Crippen LogP contribution in [0.15, 0.2) is 60.7 Å². The summed E-state index contributed by atoms with van der Waals surface area (Å²) in [6.45, 7) is 0. The van der Waals surface area contributed by atoms with E-state index in [-0.39, 0.29) is 11.9 Å². The summed E-state index contributed by atoms with van der Waals surface area (Å²) in [7, 11) is 1.63. The Morgan fingerprint density at radius 2 is 1.74 bits per heavy atom. The molecule has 0 spiro atoms. The molecule has 1 aliphatic carbocycles. The Balaban J connectivity index is 1.70. The normalized spacial score (nSPS) is 14.3. The van der Waals surface area contributed by atoms with Gasteiger partial charge in [0, 0.05) is 11.6 Å². The van der Waals surface area contributed by atoms with Crippen LogP contribution in [-0.4, -0.2) is 22.9 Å². The Hall–Kier alpha value is -3.08. The van der Waals surface area contributed by atoms with Gasteiger partial charge in [-0.1, -0.05) is 43.2 Å². The molecule has 1 fully saturated rings. The van der Waals surface area contributed by atoms with Crippen LogP contribution >= 0.6 is 0 Å². The SMILES string of the molecule is COc1ccc(-n2nc(-c3ccccc3)cc2OC(=O)C2CCCC2)cc1. The number of benzene rings is 2. The molecule has 27 heavy (non-hydrogen) atoms. The molecule has 4 rings (SSSR count). The molecule has 3 aromatic rings. The number of methoxy groups -OCH3 is 1. The van der Waals surface area contributed by atoms with Crippen molar-refractivity contribution >= 4 is 5.97 Å². The molecule has 138 valence electrons. The molecular formula is C22H22N2O3. The van der Waals surface area contributed by atoms with Crippen LogP contribution in [0.4, 0.5) is 0 Å². The maximum Gasteiger partial charge on any atom is 0.315 e. The van der Waals surface area contributed by atoms with Crippen LogP contribution in [0.5, 0.6) is 11.6 Å². The van der Waals surface area contributed by atoms with Crippen LogP contribution in [0.25, 0.3) is 16.9 Å². The van der Waals surface area contributed by atoms with Crippen molar-refractivity contribution < 1.29 is 14.3 Å². The van der Waals surface area contributed by atoms with Gasteiger partial charge in [0.25, 0.3) is 0 Å². The minimum Gasteiger partial charge on any atom is -0.497 e. The molecule has 1 aromatic heterocycles. The number of nitrogens with zero attached hydrogens (tertiary/aromatic N) is 2. The third kappa shape index (κ3) is 3.72. The van der Waals surface area contributed by atoms with E-state index in [1.807, 2.05) is 60.7 Å². The number of aromatic nitrogens is 2. The monoisotopic (exact) mass is 362 g/mol. The average molecular weight is 362 g/mol. The van der Waals surface area contributed by atoms with Crippen molar-refractivity contribution in [3.8, 4) is 28.6 Å². The van der Waals surface area contributed by atoms with Crippen molar-refractivity contribution in [3.63, 3.8) is 0 Å². The summed E-state index contributed by atoms with van der Waals surface area (Å²) in [5.41, 5.74) is 2.55. The zero-order valence-electron chi connectivity index (χ0n) is 15.3. The quantitative estimate of drug-likeness (QED) is 0.620. The summed E-state index contributed by atoms with van der Waals surface area (Å²) in [6, 6.07) is 19.2. The molecule has 5 nitrogen and oxygen atoms in total. The van der Waals surface area contributed by atoms with Gasteiger partial charge in [0.05, 0.1) is 24.4 Å². The summed E-state index contributed by atoms with van der Waals surface area (Å²) in [6.07, 6.45) is 3.99. The first-order valence-corrected chi connectivity index (χ1v) is 9.26. The molecule has 0 radical (unpaired) electrons. The van der Waals surface area contributed by atoms with E-state index in [2.05, 4.69) is 5.10 Å². The van der Waals surface area contributed by atoms with Gasteiger partial charge in [-0.3, -0.25) is 4.79 Å². The van der Waals surface area contributed by atoms with Crippen LogP contribution < -0.4 is 9.47 Å². The molecule has 0 bridgehead atoms. The summed E-state index contributed by atoms with van der Waals surface area (Å²) >= 11 is 0. The topological polar surface area (TPSA) is 53.4 Å². The zero-order chi connectivity index (χ0) is 18.6. The maximum absolute atomic E-state index is 12.6. The molecule has 0 amide bonds. The number of rotatable bonds is 5. The molecule has 1 aliphatic rings. The highest BCUT2D eigenvalue weighted by atomic mass is 16.5. The third-order valence-electron chi connectivity index (χ3n) is 4.96. The Labute approximate surface area is 158 Å². The molecule has 0 saturated heterocycles. The van der Waals surface area contributed by atoms with Gasteiger partial charge in [-0.05, 0) is 37.1 Å². The number of ether oxygens (including phenoxy) is 2. The van der Waals surface area contributed by atoms with Crippen LogP contribution in [0.1, 0.15) is 25.7 Å². The first-order valence-electron chi connectivity index (χ1n) is 9.26. The lowest BCUT2D eigenvalue weighted by atomic mass is 10.1. The predicted molar refractivity (Wildman–Crippen MR) is 103 cm³/mol. The summed E-state index contributed by atoms with van der Waals surface area (Å²) < 4.78 is 12.7. The van der Waals surface area contributed by atoms with E-state index in [0.717, 1.165) is 48.4 Å².